The van der Waals surface area contributed by atoms with Crippen LogP contribution < -0.4 is 15.2 Å². The summed E-state index contributed by atoms with van der Waals surface area (Å²) in [5.74, 6) is 0.725. The van der Waals surface area contributed by atoms with Gasteiger partial charge in [0, 0.05) is 47.9 Å². The lowest BCUT2D eigenvalue weighted by molar-refractivity contribution is -0.124. The van der Waals surface area contributed by atoms with E-state index in [1.807, 2.05) is 61.5 Å². The van der Waals surface area contributed by atoms with Gasteiger partial charge in [-0.3, -0.25) is 4.79 Å². The normalized spacial score (nSPS) is 13.5. The molecule has 0 radical (unpaired) electrons. The molecule has 8 nitrogen and oxygen atoms in total. The van der Waals surface area contributed by atoms with E-state index >= 15 is 0 Å². The Labute approximate surface area is 191 Å². The number of amides is 1. The lowest BCUT2D eigenvalue weighted by atomic mass is 10.1. The summed E-state index contributed by atoms with van der Waals surface area (Å²) >= 11 is 0. The van der Waals surface area contributed by atoms with Crippen molar-refractivity contribution in [3.05, 3.63) is 64.6 Å². The van der Waals surface area contributed by atoms with Crippen molar-refractivity contribution in [3.63, 3.8) is 0 Å². The molecule has 0 saturated carbocycles. The van der Waals surface area contributed by atoms with Crippen molar-refractivity contribution in [1.82, 2.24) is 14.8 Å². The summed E-state index contributed by atoms with van der Waals surface area (Å²) in [6, 6.07) is 11.4. The van der Waals surface area contributed by atoms with Crippen LogP contribution in [-0.4, -0.2) is 67.1 Å². The molecule has 0 spiro atoms. The molecule has 2 N–H and O–H groups in total. The maximum Gasteiger partial charge on any atom is 0.246 e. The van der Waals surface area contributed by atoms with Crippen LogP contribution >= 0.6 is 0 Å². The number of aromatic nitrogens is 1. The van der Waals surface area contributed by atoms with Crippen molar-refractivity contribution >= 4 is 34.3 Å². The number of ether oxygens (including phenoxy) is 1. The maximum absolute atomic E-state index is 12.3. The Hall–Kier alpha value is -3.91. The first-order valence-corrected chi connectivity index (χ1v) is 10.6. The fourth-order valence-corrected chi connectivity index (χ4v) is 3.58. The average Bonchev–Trinajstić information content (AvgIpc) is 3.35. The van der Waals surface area contributed by atoms with Crippen LogP contribution in [0.25, 0.3) is 22.7 Å². The first kappa shape index (κ1) is 22.3. The van der Waals surface area contributed by atoms with Gasteiger partial charge in [-0.1, -0.05) is 6.07 Å². The van der Waals surface area contributed by atoms with Crippen LogP contribution in [0.5, 0.6) is 11.6 Å². The summed E-state index contributed by atoms with van der Waals surface area (Å²) in [6.45, 7) is 1.45. The van der Waals surface area contributed by atoms with Crippen LogP contribution in [-0.2, 0) is 4.79 Å². The van der Waals surface area contributed by atoms with Crippen LogP contribution in [0.3, 0.4) is 0 Å². The van der Waals surface area contributed by atoms with E-state index in [1.165, 1.54) is 6.08 Å². The first-order valence-electron chi connectivity index (χ1n) is 10.6. The van der Waals surface area contributed by atoms with Gasteiger partial charge in [0.15, 0.2) is 5.88 Å². The van der Waals surface area contributed by atoms with Gasteiger partial charge in [0.25, 0.3) is 0 Å². The zero-order valence-corrected chi connectivity index (χ0v) is 19.2. The van der Waals surface area contributed by atoms with Crippen LogP contribution in [0.1, 0.15) is 5.56 Å². The lowest BCUT2D eigenvalue weighted by Crippen LogP contribution is -2.32. The molecule has 2 heterocycles. The molecule has 2 aromatic carbocycles. The molecule has 3 aromatic rings. The third-order valence-corrected chi connectivity index (χ3v) is 5.54. The van der Waals surface area contributed by atoms with Gasteiger partial charge in [-0.2, -0.15) is 0 Å². The van der Waals surface area contributed by atoms with Crippen molar-refractivity contribution in [3.8, 4) is 11.6 Å². The van der Waals surface area contributed by atoms with E-state index in [1.54, 1.807) is 25.1 Å². The summed E-state index contributed by atoms with van der Waals surface area (Å²) < 4.78 is 5.31. The molecular formula is C25H27N5O3. The highest BCUT2D eigenvalue weighted by molar-refractivity contribution is 5.93. The van der Waals surface area contributed by atoms with Crippen molar-refractivity contribution in [2.45, 2.75) is 0 Å². The predicted molar refractivity (Wildman–Crippen MR) is 129 cm³/mol. The van der Waals surface area contributed by atoms with Gasteiger partial charge in [0.1, 0.15) is 5.75 Å². The van der Waals surface area contributed by atoms with Gasteiger partial charge in [0.2, 0.25) is 5.91 Å². The smallest absolute Gasteiger partial charge is 0.246 e. The standard InChI is InChI=1S/C25H27N5O3/c1-29(2)11-12-30(3)24(31)10-9-22-18-7-5-16(14-23(18)28-27-22)13-20-19-15-17(33-4)6-8-21(19)26-25(20)32/h5-10,13-15,26,32H,11-12H2,1-4H3/b10-9+,16-13?. The molecule has 0 saturated heterocycles. The van der Waals surface area contributed by atoms with Crippen molar-refractivity contribution in [2.75, 3.05) is 41.3 Å². The number of carbonyl (C=O) groups is 1. The second kappa shape index (κ2) is 9.30. The highest BCUT2D eigenvalue weighted by Crippen LogP contribution is 2.30. The number of hydrogen-bond donors (Lipinski definition) is 2. The Kier molecular flexibility index (Phi) is 6.28. The highest BCUT2D eigenvalue weighted by Gasteiger charge is 2.11. The zero-order valence-electron chi connectivity index (χ0n) is 19.2. The number of hydrogen-bond acceptors (Lipinski definition) is 6. The number of methoxy groups -OCH3 is 1. The molecule has 0 aliphatic carbocycles. The minimum Gasteiger partial charge on any atom is -0.497 e. The minimum absolute atomic E-state index is 0.0804. The minimum atomic E-state index is -0.0804. The number of nitrogens with one attached hydrogen (secondary N) is 1. The number of fused-ring (bicyclic) bond motifs is 2. The molecule has 1 aromatic heterocycles. The van der Waals surface area contributed by atoms with Gasteiger partial charge in [-0.05, 0) is 61.8 Å². The third kappa shape index (κ3) is 4.80. The van der Waals surface area contributed by atoms with Gasteiger partial charge in [-0.25, -0.2) is 0 Å². The van der Waals surface area contributed by atoms with Crippen LogP contribution in [0.2, 0.25) is 0 Å². The SMILES string of the molecule is COc1ccc2[nH]c(O)c(C=c3ccc4c(c3)N=NC=4/C=C/C(=O)N(C)CCN(C)C)c2c1. The lowest BCUT2D eigenvalue weighted by Gasteiger charge is -2.17. The molecular weight excluding hydrogens is 418 g/mol. The van der Waals surface area contributed by atoms with E-state index in [0.29, 0.717) is 29.2 Å². The predicted octanol–water partition coefficient (Wildman–Crippen LogP) is 2.49. The molecule has 0 fully saturated rings. The second-order valence-corrected chi connectivity index (χ2v) is 8.20. The molecule has 1 amide bonds. The van der Waals surface area contributed by atoms with Crippen LogP contribution in [0, 0.1) is 0 Å². The molecule has 1 aliphatic heterocycles. The van der Waals surface area contributed by atoms with Gasteiger partial charge in [0.05, 0.1) is 18.5 Å². The topological polar surface area (TPSA) is 93.5 Å². The molecule has 33 heavy (non-hydrogen) atoms. The monoisotopic (exact) mass is 445 g/mol. The van der Waals surface area contributed by atoms with E-state index in [-0.39, 0.29) is 11.8 Å². The average molecular weight is 446 g/mol. The van der Waals surface area contributed by atoms with E-state index < -0.39 is 0 Å². The summed E-state index contributed by atoms with van der Waals surface area (Å²) in [4.78, 5) is 19.0. The highest BCUT2D eigenvalue weighted by atomic mass is 16.5. The molecule has 1 aliphatic rings. The number of carbonyl (C=O) groups excluding carboxylic acids is 1. The number of aromatic hydroxyl groups is 1. The first-order chi connectivity index (χ1) is 15.9. The van der Waals surface area contributed by atoms with Gasteiger partial charge >= 0.3 is 0 Å². The van der Waals surface area contributed by atoms with E-state index in [4.69, 9.17) is 4.74 Å². The number of likely N-dealkylation sites (N-methyl/N-ethyl adjacent to an activating group) is 2. The summed E-state index contributed by atoms with van der Waals surface area (Å²) in [6.07, 6.45) is 5.11. The van der Waals surface area contributed by atoms with Crippen molar-refractivity contribution < 1.29 is 14.6 Å². The van der Waals surface area contributed by atoms with E-state index in [9.17, 15) is 9.90 Å². The van der Waals surface area contributed by atoms with E-state index in [2.05, 4.69) is 15.2 Å². The number of rotatable bonds is 7. The third-order valence-electron chi connectivity index (χ3n) is 5.54. The summed E-state index contributed by atoms with van der Waals surface area (Å²) in [7, 11) is 7.34. The Morgan fingerprint density at radius 2 is 1.94 bits per heavy atom. The molecule has 0 unspecified atom stereocenters. The van der Waals surface area contributed by atoms with Gasteiger partial charge < -0.3 is 24.6 Å². The molecule has 170 valence electrons. The Balaban J connectivity index is 1.62. The quantitative estimate of drug-likeness (QED) is 0.547. The van der Waals surface area contributed by atoms with Crippen LogP contribution in [0.15, 0.2) is 58.8 Å². The fourth-order valence-electron chi connectivity index (χ4n) is 3.58. The molecule has 0 atom stereocenters. The molecule has 8 heteroatoms. The van der Waals surface area contributed by atoms with Gasteiger partial charge in [-0.15, -0.1) is 10.2 Å². The number of benzene rings is 2. The second-order valence-electron chi connectivity index (χ2n) is 8.20. The number of azo groups is 1. The number of nitrogens with zero attached hydrogens (tertiary/aromatic N) is 4. The Morgan fingerprint density at radius 1 is 1.12 bits per heavy atom. The largest absolute Gasteiger partial charge is 0.497 e. The van der Waals surface area contributed by atoms with Crippen LogP contribution in [0.4, 0.5) is 5.69 Å². The zero-order chi connectivity index (χ0) is 23.5. The summed E-state index contributed by atoms with van der Waals surface area (Å²) in [5.41, 5.74) is 2.86. The molecule has 4 rings (SSSR count). The van der Waals surface area contributed by atoms with Crippen molar-refractivity contribution in [1.29, 1.82) is 0 Å². The summed E-state index contributed by atoms with van der Waals surface area (Å²) in [5, 5.41) is 21.5. The van der Waals surface area contributed by atoms with E-state index in [0.717, 1.165) is 27.9 Å². The Bertz CT molecular complexity index is 1390. The number of aromatic amines is 1. The molecule has 0 bridgehead atoms. The Morgan fingerprint density at radius 3 is 2.70 bits per heavy atom. The van der Waals surface area contributed by atoms with Crippen molar-refractivity contribution in [2.24, 2.45) is 10.2 Å². The number of H-pyrrole nitrogens is 1. The maximum atomic E-state index is 12.3. The fraction of sp³-hybridized carbons (Fsp3) is 0.240.